The van der Waals surface area contributed by atoms with E-state index in [0.29, 0.717) is 34.0 Å². The Morgan fingerprint density at radius 1 is 1.26 bits per heavy atom. The van der Waals surface area contributed by atoms with E-state index in [1.165, 1.54) is 4.90 Å². The van der Waals surface area contributed by atoms with Crippen molar-refractivity contribution in [2.75, 3.05) is 17.7 Å². The first-order chi connectivity index (χ1) is 16.0. The number of aromatic nitrogens is 4. The highest BCUT2D eigenvalue weighted by Gasteiger charge is 2.38. The number of fused-ring (bicyclic) bond motifs is 1. The van der Waals surface area contributed by atoms with Gasteiger partial charge >= 0.3 is 5.97 Å². The number of pyridine rings is 1. The number of carbonyl (C=O) groups is 2. The third kappa shape index (κ3) is 3.65. The third-order valence-corrected chi connectivity index (χ3v) is 6.17. The van der Waals surface area contributed by atoms with Crippen LogP contribution in [0.1, 0.15) is 49.7 Å². The van der Waals surface area contributed by atoms with Crippen LogP contribution in [-0.2, 0) is 11.3 Å². The lowest BCUT2D eigenvalue weighted by atomic mass is 10.1. The Balaban J connectivity index is 1.86. The predicted octanol–water partition coefficient (Wildman–Crippen LogP) is 3.46. The molecule has 1 aliphatic heterocycles. The Hall–Kier alpha value is -3.92. The number of carbonyl (C=O) groups excluding carboxylic acids is 1. The molecule has 0 bridgehead atoms. The van der Waals surface area contributed by atoms with Crippen LogP contribution >= 0.6 is 11.6 Å². The molecule has 4 heterocycles. The average molecular weight is 483 g/mol. The van der Waals surface area contributed by atoms with Crippen LogP contribution in [0, 0.1) is 27.7 Å². The van der Waals surface area contributed by atoms with Gasteiger partial charge in [0.05, 0.1) is 36.0 Å². The molecule has 0 saturated heterocycles. The summed E-state index contributed by atoms with van der Waals surface area (Å²) in [7, 11) is 1.58. The highest BCUT2D eigenvalue weighted by atomic mass is 35.5. The molecule has 0 aromatic carbocycles. The second-order valence-electron chi connectivity index (χ2n) is 8.04. The van der Waals surface area contributed by atoms with Crippen molar-refractivity contribution in [3.8, 4) is 5.75 Å². The summed E-state index contributed by atoms with van der Waals surface area (Å²) in [5.41, 5.74) is 10.3. The molecule has 0 atom stereocenters. The van der Waals surface area contributed by atoms with Gasteiger partial charge in [-0.25, -0.2) is 9.78 Å². The molecule has 1 aliphatic rings. The Morgan fingerprint density at radius 2 is 1.97 bits per heavy atom. The monoisotopic (exact) mass is 482 g/mol. The van der Waals surface area contributed by atoms with E-state index >= 15 is 0 Å². The molecule has 0 aliphatic carbocycles. The largest absolute Gasteiger partial charge is 0.496 e. The van der Waals surface area contributed by atoms with E-state index in [0.717, 1.165) is 11.1 Å². The van der Waals surface area contributed by atoms with Gasteiger partial charge in [-0.15, -0.1) is 0 Å². The topological polar surface area (TPSA) is 147 Å². The number of hydrogen-bond donors (Lipinski definition) is 3. The molecule has 1 amide bonds. The number of carboxylic acid groups (broad SMARTS) is 1. The summed E-state index contributed by atoms with van der Waals surface area (Å²) >= 11 is 6.41. The van der Waals surface area contributed by atoms with Gasteiger partial charge in [0.1, 0.15) is 10.9 Å². The molecule has 0 radical (unpaired) electrons. The third-order valence-electron chi connectivity index (χ3n) is 5.90. The number of nitrogens with two attached hydrogens (primary N) is 1. The Morgan fingerprint density at radius 3 is 2.59 bits per heavy atom. The van der Waals surface area contributed by atoms with Crippen molar-refractivity contribution in [1.82, 2.24) is 19.9 Å². The second-order valence-corrected chi connectivity index (χ2v) is 8.39. The van der Waals surface area contributed by atoms with Crippen LogP contribution in [0.15, 0.2) is 6.20 Å². The van der Waals surface area contributed by atoms with Gasteiger partial charge in [-0.05, 0) is 39.3 Å². The average Bonchev–Trinajstić information content (AvgIpc) is 3.18. The van der Waals surface area contributed by atoms with Crippen molar-refractivity contribution < 1.29 is 19.4 Å². The normalized spacial score (nSPS) is 14.1. The first-order valence-corrected chi connectivity index (χ1v) is 10.7. The van der Waals surface area contributed by atoms with E-state index in [2.05, 4.69) is 19.9 Å². The van der Waals surface area contributed by atoms with Crippen molar-refractivity contribution in [2.24, 2.45) is 0 Å². The molecule has 34 heavy (non-hydrogen) atoms. The molecule has 176 valence electrons. The zero-order chi connectivity index (χ0) is 24.9. The van der Waals surface area contributed by atoms with E-state index in [4.69, 9.17) is 22.1 Å². The molecular weight excluding hydrogens is 460 g/mol. The van der Waals surface area contributed by atoms with E-state index in [9.17, 15) is 14.7 Å². The molecule has 0 saturated carbocycles. The fraction of sp³-hybridized carbons (Fsp3) is 0.261. The number of hydrogen-bond acceptors (Lipinski definition) is 7. The molecule has 4 N–H and O–H groups in total. The van der Waals surface area contributed by atoms with Crippen LogP contribution < -0.4 is 15.4 Å². The number of methoxy groups -OCH3 is 1. The van der Waals surface area contributed by atoms with Crippen LogP contribution in [0.5, 0.6) is 5.75 Å². The molecule has 0 unspecified atom stereocenters. The fourth-order valence-electron chi connectivity index (χ4n) is 4.26. The zero-order valence-corrected chi connectivity index (χ0v) is 20.0. The number of aromatic carboxylic acids is 1. The molecule has 0 spiro atoms. The lowest BCUT2D eigenvalue weighted by molar-refractivity contribution is -0.113. The summed E-state index contributed by atoms with van der Waals surface area (Å²) in [5.74, 6) is -0.574. The Bertz CT molecular complexity index is 1390. The van der Waals surface area contributed by atoms with Crippen molar-refractivity contribution in [3.63, 3.8) is 0 Å². The van der Waals surface area contributed by atoms with Gasteiger partial charge in [-0.3, -0.25) is 14.7 Å². The van der Waals surface area contributed by atoms with Gasteiger partial charge in [0.15, 0.2) is 5.82 Å². The van der Waals surface area contributed by atoms with Crippen LogP contribution in [0.2, 0.25) is 5.15 Å². The van der Waals surface area contributed by atoms with E-state index in [1.807, 2.05) is 13.8 Å². The van der Waals surface area contributed by atoms with Crippen LogP contribution in [0.4, 0.5) is 11.8 Å². The molecular formula is C23H23ClN6O4. The fourth-order valence-corrected chi connectivity index (χ4v) is 4.53. The number of aromatic amines is 1. The van der Waals surface area contributed by atoms with Crippen LogP contribution in [0.25, 0.3) is 11.6 Å². The van der Waals surface area contributed by atoms with E-state index in [-0.39, 0.29) is 40.5 Å². The number of H-pyrrole nitrogens is 1. The maximum absolute atomic E-state index is 13.6. The van der Waals surface area contributed by atoms with Crippen LogP contribution in [-0.4, -0.2) is 44.0 Å². The number of halogens is 1. The highest BCUT2D eigenvalue weighted by molar-refractivity contribution is 6.41. The van der Waals surface area contributed by atoms with Gasteiger partial charge < -0.3 is 20.6 Å². The lowest BCUT2D eigenvalue weighted by Crippen LogP contribution is -2.27. The van der Waals surface area contributed by atoms with Crippen molar-refractivity contribution in [3.05, 3.63) is 56.2 Å². The van der Waals surface area contributed by atoms with Gasteiger partial charge in [0.2, 0.25) is 5.95 Å². The second kappa shape index (κ2) is 8.45. The van der Waals surface area contributed by atoms with Crippen molar-refractivity contribution in [1.29, 1.82) is 0 Å². The van der Waals surface area contributed by atoms with Gasteiger partial charge in [-0.2, -0.15) is 4.98 Å². The molecule has 10 nitrogen and oxygen atoms in total. The summed E-state index contributed by atoms with van der Waals surface area (Å²) in [5, 5.41) is 9.53. The highest BCUT2D eigenvalue weighted by Crippen LogP contribution is 2.42. The number of rotatable bonds is 5. The summed E-state index contributed by atoms with van der Waals surface area (Å²) in [6.45, 7) is 7.18. The maximum Gasteiger partial charge on any atom is 0.337 e. The van der Waals surface area contributed by atoms with Crippen LogP contribution in [0.3, 0.4) is 0 Å². The van der Waals surface area contributed by atoms with Crippen molar-refractivity contribution in [2.45, 2.75) is 34.2 Å². The zero-order valence-electron chi connectivity index (χ0n) is 19.3. The number of carboxylic acids is 1. The minimum absolute atomic E-state index is 0.0233. The predicted molar refractivity (Wildman–Crippen MR) is 128 cm³/mol. The number of nitrogens with one attached hydrogen (secondary N) is 1. The molecule has 11 heteroatoms. The molecule has 0 fully saturated rings. The number of nitrogens with zero attached hydrogens (tertiary/aromatic N) is 4. The molecule has 3 aromatic heterocycles. The summed E-state index contributed by atoms with van der Waals surface area (Å²) < 4.78 is 5.49. The maximum atomic E-state index is 13.6. The Kier molecular flexibility index (Phi) is 5.78. The summed E-state index contributed by atoms with van der Waals surface area (Å²) in [6.07, 6.45) is 3.25. The number of aryl methyl sites for hydroxylation is 2. The molecule has 3 aromatic rings. The minimum atomic E-state index is -1.06. The van der Waals surface area contributed by atoms with Gasteiger partial charge in [0, 0.05) is 28.7 Å². The molecule has 4 rings (SSSR count). The summed E-state index contributed by atoms with van der Waals surface area (Å²) in [4.78, 5) is 42.5. The SMILES string of the molecule is COc1c(C)cnc(CN2C(=O)C(=Cc3[nH]c(C)c(C(=O)O)c3C)c3c(Cl)nc(N)nc32)c1C. The first-order valence-electron chi connectivity index (χ1n) is 10.3. The first kappa shape index (κ1) is 23.2. The number of ether oxygens (including phenoxy) is 1. The van der Waals surface area contributed by atoms with Gasteiger partial charge in [0.25, 0.3) is 5.91 Å². The smallest absolute Gasteiger partial charge is 0.337 e. The van der Waals surface area contributed by atoms with E-state index in [1.54, 1.807) is 33.2 Å². The number of anilines is 2. The Labute approximate surface area is 200 Å². The summed E-state index contributed by atoms with van der Waals surface area (Å²) in [6, 6.07) is 0. The minimum Gasteiger partial charge on any atom is -0.496 e. The quantitative estimate of drug-likeness (QED) is 0.370. The standard InChI is InChI=1S/C23H23ClN6O4/c1-9-7-26-15(11(3)18(9)34-5)8-30-20-17(19(24)28-23(25)29-20)13(21(30)31)6-14-10(2)16(22(32)33)12(4)27-14/h6-7,27H,8H2,1-5H3,(H,32,33)(H2,25,28,29). The van der Waals surface area contributed by atoms with Crippen molar-refractivity contribution >= 4 is 46.9 Å². The number of amides is 1. The lowest BCUT2D eigenvalue weighted by Gasteiger charge is -2.19. The van der Waals surface area contributed by atoms with Gasteiger partial charge in [-0.1, -0.05) is 11.6 Å². The van der Waals surface area contributed by atoms with E-state index < -0.39 is 5.97 Å². The number of nitrogen functional groups attached to an aromatic ring is 1.